The predicted octanol–water partition coefficient (Wildman–Crippen LogP) is 0.953. The minimum atomic E-state index is -0.481. The van der Waals surface area contributed by atoms with E-state index in [9.17, 15) is 9.90 Å². The number of phenolic OH excluding ortho intramolecular Hbond substituents is 1. The van der Waals surface area contributed by atoms with Crippen molar-refractivity contribution in [2.75, 3.05) is 20.8 Å². The molecule has 1 N–H and O–H groups in total. The van der Waals surface area contributed by atoms with E-state index in [1.807, 2.05) is 0 Å². The molecule has 0 radical (unpaired) electrons. The summed E-state index contributed by atoms with van der Waals surface area (Å²) >= 11 is 0. The van der Waals surface area contributed by atoms with E-state index in [4.69, 9.17) is 9.47 Å². The molecule has 0 unspecified atom stereocenters. The number of carbonyl (C=O) groups is 1. The first kappa shape index (κ1) is 11.2. The van der Waals surface area contributed by atoms with Crippen molar-refractivity contribution in [2.24, 2.45) is 0 Å². The number of aromatic hydroxyl groups is 1. The van der Waals surface area contributed by atoms with Gasteiger partial charge in [0, 0.05) is 6.07 Å². The molecular weight excluding hydrogens is 200 g/mol. The Hall–Kier alpha value is -1.91. The van der Waals surface area contributed by atoms with Crippen LogP contribution >= 0.6 is 0 Å². The predicted molar refractivity (Wildman–Crippen MR) is 52.2 cm³/mol. The third-order valence-electron chi connectivity index (χ3n) is 1.73. The first-order valence-corrected chi connectivity index (χ1v) is 4.24. The number of phenols is 1. The molecule has 0 fully saturated rings. The Morgan fingerprint density at radius 1 is 1.40 bits per heavy atom. The number of carbonyl (C=O) groups excluding carboxylic acids is 1. The highest BCUT2D eigenvalue weighted by Crippen LogP contribution is 2.29. The maximum absolute atomic E-state index is 10.8. The Morgan fingerprint density at radius 2 is 2.13 bits per heavy atom. The Bertz CT molecular complexity index is 348. The maximum atomic E-state index is 10.8. The van der Waals surface area contributed by atoms with Crippen LogP contribution in [0.15, 0.2) is 18.2 Å². The van der Waals surface area contributed by atoms with Crippen LogP contribution in [0.25, 0.3) is 0 Å². The molecular formula is C10H12O5. The molecule has 0 bridgehead atoms. The zero-order valence-electron chi connectivity index (χ0n) is 8.52. The second kappa shape index (κ2) is 5.09. The quantitative estimate of drug-likeness (QED) is 0.753. The minimum Gasteiger partial charge on any atom is -0.504 e. The normalized spacial score (nSPS) is 9.47. The van der Waals surface area contributed by atoms with Gasteiger partial charge in [0.05, 0.1) is 14.2 Å². The zero-order chi connectivity index (χ0) is 11.3. The van der Waals surface area contributed by atoms with Crippen molar-refractivity contribution in [1.29, 1.82) is 0 Å². The van der Waals surface area contributed by atoms with Crippen LogP contribution in [0, 0.1) is 0 Å². The van der Waals surface area contributed by atoms with Crippen LogP contribution < -0.4 is 9.47 Å². The summed E-state index contributed by atoms with van der Waals surface area (Å²) in [5, 5.41) is 9.39. The van der Waals surface area contributed by atoms with E-state index < -0.39 is 5.97 Å². The number of hydrogen-bond donors (Lipinski definition) is 1. The fourth-order valence-corrected chi connectivity index (χ4v) is 0.961. The van der Waals surface area contributed by atoms with Gasteiger partial charge in [0.25, 0.3) is 0 Å². The van der Waals surface area contributed by atoms with Gasteiger partial charge in [0.1, 0.15) is 5.75 Å². The Balaban J connectivity index is 2.63. The molecule has 0 spiro atoms. The van der Waals surface area contributed by atoms with Crippen molar-refractivity contribution in [2.45, 2.75) is 0 Å². The maximum Gasteiger partial charge on any atom is 0.343 e. The lowest BCUT2D eigenvalue weighted by Crippen LogP contribution is -2.12. The summed E-state index contributed by atoms with van der Waals surface area (Å²) in [7, 11) is 2.72. The molecule has 1 rings (SSSR count). The van der Waals surface area contributed by atoms with Crippen LogP contribution in [0.1, 0.15) is 0 Å². The molecule has 5 nitrogen and oxygen atoms in total. The van der Waals surface area contributed by atoms with Gasteiger partial charge in [-0.1, -0.05) is 0 Å². The van der Waals surface area contributed by atoms with Crippen LogP contribution in [-0.2, 0) is 9.53 Å². The van der Waals surface area contributed by atoms with Crippen molar-refractivity contribution >= 4 is 5.97 Å². The van der Waals surface area contributed by atoms with Gasteiger partial charge in [-0.3, -0.25) is 0 Å². The van der Waals surface area contributed by atoms with Crippen LogP contribution in [0.4, 0.5) is 0 Å². The number of hydrogen-bond acceptors (Lipinski definition) is 5. The lowest BCUT2D eigenvalue weighted by molar-refractivity contribution is -0.142. The number of esters is 1. The molecule has 0 saturated carbocycles. The van der Waals surface area contributed by atoms with Crippen molar-refractivity contribution in [3.8, 4) is 17.2 Å². The Morgan fingerprint density at radius 3 is 2.67 bits per heavy atom. The van der Waals surface area contributed by atoms with Crippen LogP contribution in [0.3, 0.4) is 0 Å². The van der Waals surface area contributed by atoms with Gasteiger partial charge in [0.2, 0.25) is 0 Å². The Kier molecular flexibility index (Phi) is 3.79. The molecule has 0 heterocycles. The average Bonchev–Trinajstić information content (AvgIpc) is 2.26. The summed E-state index contributed by atoms with van der Waals surface area (Å²) in [6, 6.07) is 4.49. The highest BCUT2D eigenvalue weighted by Gasteiger charge is 2.05. The van der Waals surface area contributed by atoms with Crippen molar-refractivity contribution < 1.29 is 24.1 Å². The second-order valence-electron chi connectivity index (χ2n) is 2.70. The van der Waals surface area contributed by atoms with Gasteiger partial charge in [0.15, 0.2) is 18.1 Å². The summed E-state index contributed by atoms with van der Waals surface area (Å²) in [6.45, 7) is -0.192. The zero-order valence-corrected chi connectivity index (χ0v) is 8.52. The highest BCUT2D eigenvalue weighted by molar-refractivity contribution is 5.70. The number of benzene rings is 1. The Labute approximate surface area is 87.2 Å². The second-order valence-corrected chi connectivity index (χ2v) is 2.70. The van der Waals surface area contributed by atoms with Gasteiger partial charge in [-0.2, -0.15) is 0 Å². The molecule has 0 saturated heterocycles. The molecule has 15 heavy (non-hydrogen) atoms. The number of ether oxygens (including phenoxy) is 3. The molecule has 0 atom stereocenters. The lowest BCUT2D eigenvalue weighted by Gasteiger charge is -2.07. The standard InChI is InChI=1S/C10H12O5/c1-13-9-4-3-7(5-8(9)11)15-6-10(12)14-2/h3-5,11H,6H2,1-2H3. The summed E-state index contributed by atoms with van der Waals surface area (Å²) in [5.74, 6) is 0.198. The summed E-state index contributed by atoms with van der Waals surface area (Å²) in [4.78, 5) is 10.8. The van der Waals surface area contributed by atoms with E-state index in [0.29, 0.717) is 11.5 Å². The SMILES string of the molecule is COC(=O)COc1ccc(OC)c(O)c1. The molecule has 0 aliphatic heterocycles. The lowest BCUT2D eigenvalue weighted by atomic mass is 10.3. The van der Waals surface area contributed by atoms with Crippen LogP contribution in [0.5, 0.6) is 17.2 Å². The van der Waals surface area contributed by atoms with Gasteiger partial charge < -0.3 is 19.3 Å². The van der Waals surface area contributed by atoms with Crippen molar-refractivity contribution in [3.63, 3.8) is 0 Å². The third-order valence-corrected chi connectivity index (χ3v) is 1.73. The first-order valence-electron chi connectivity index (χ1n) is 4.24. The summed E-state index contributed by atoms with van der Waals surface area (Å²) in [6.07, 6.45) is 0. The number of rotatable bonds is 4. The monoisotopic (exact) mass is 212 g/mol. The third kappa shape index (κ3) is 3.05. The van der Waals surface area contributed by atoms with Gasteiger partial charge in [-0.05, 0) is 12.1 Å². The summed E-state index contributed by atoms with van der Waals surface area (Å²) < 4.78 is 14.3. The topological polar surface area (TPSA) is 65.0 Å². The van der Waals surface area contributed by atoms with Crippen LogP contribution in [-0.4, -0.2) is 31.9 Å². The molecule has 0 aliphatic rings. The molecule has 1 aromatic rings. The summed E-state index contributed by atoms with van der Waals surface area (Å²) in [5.41, 5.74) is 0. The fourth-order valence-electron chi connectivity index (χ4n) is 0.961. The first-order chi connectivity index (χ1) is 7.17. The van der Waals surface area contributed by atoms with E-state index in [-0.39, 0.29) is 12.4 Å². The molecule has 1 aromatic carbocycles. The number of methoxy groups -OCH3 is 2. The van der Waals surface area contributed by atoms with E-state index in [0.717, 1.165) is 0 Å². The van der Waals surface area contributed by atoms with E-state index >= 15 is 0 Å². The van der Waals surface area contributed by atoms with E-state index in [1.165, 1.54) is 20.3 Å². The minimum absolute atomic E-state index is 0.0418. The van der Waals surface area contributed by atoms with Crippen LogP contribution in [0.2, 0.25) is 0 Å². The van der Waals surface area contributed by atoms with Gasteiger partial charge >= 0.3 is 5.97 Å². The highest BCUT2D eigenvalue weighted by atomic mass is 16.6. The van der Waals surface area contributed by atoms with Gasteiger partial charge in [-0.15, -0.1) is 0 Å². The average molecular weight is 212 g/mol. The van der Waals surface area contributed by atoms with Crippen molar-refractivity contribution in [3.05, 3.63) is 18.2 Å². The van der Waals surface area contributed by atoms with Crippen molar-refractivity contribution in [1.82, 2.24) is 0 Å². The molecule has 0 aliphatic carbocycles. The van der Waals surface area contributed by atoms with E-state index in [1.54, 1.807) is 12.1 Å². The molecule has 5 heteroatoms. The smallest absolute Gasteiger partial charge is 0.343 e. The molecule has 0 amide bonds. The fraction of sp³-hybridized carbons (Fsp3) is 0.300. The van der Waals surface area contributed by atoms with Gasteiger partial charge in [-0.25, -0.2) is 4.79 Å². The largest absolute Gasteiger partial charge is 0.504 e. The molecule has 82 valence electrons. The van der Waals surface area contributed by atoms with E-state index in [2.05, 4.69) is 4.74 Å². The molecule has 0 aromatic heterocycles.